The quantitative estimate of drug-likeness (QED) is 0.842. The second kappa shape index (κ2) is 6.60. The lowest BCUT2D eigenvalue weighted by atomic mass is 9.76. The summed E-state index contributed by atoms with van der Waals surface area (Å²) in [5, 5.41) is 15.1. The number of fused-ring (bicyclic) bond motifs is 1. The van der Waals surface area contributed by atoms with E-state index in [0.29, 0.717) is 38.4 Å². The molecule has 1 aromatic rings. The van der Waals surface area contributed by atoms with Gasteiger partial charge < -0.3 is 5.11 Å². The standard InChI is InChI=1S/C15H26N4O3S2/c1-11(2)14-13(23-17-16-14)10-18-6-4-15(20)5-7-19(24(3,21)22)9-12(15)8-18/h11-12,20H,4-10H2,1-3H3/t12-,15-/m1/s1. The fourth-order valence-electron chi connectivity index (χ4n) is 3.75. The maximum absolute atomic E-state index is 11.8. The van der Waals surface area contributed by atoms with Gasteiger partial charge in [-0.3, -0.25) is 4.90 Å². The van der Waals surface area contributed by atoms with Crippen molar-refractivity contribution in [2.45, 2.75) is 44.8 Å². The lowest BCUT2D eigenvalue weighted by Gasteiger charge is -2.49. The van der Waals surface area contributed by atoms with E-state index in [4.69, 9.17) is 0 Å². The fraction of sp³-hybridized carbons (Fsp3) is 0.867. The predicted octanol–water partition coefficient (Wildman–Crippen LogP) is 0.880. The third-order valence-corrected chi connectivity index (χ3v) is 7.28. The molecule has 2 aliphatic heterocycles. The summed E-state index contributed by atoms with van der Waals surface area (Å²) < 4.78 is 29.3. The van der Waals surface area contributed by atoms with Crippen molar-refractivity contribution >= 4 is 21.6 Å². The van der Waals surface area contributed by atoms with Crippen molar-refractivity contribution in [2.24, 2.45) is 5.92 Å². The van der Waals surface area contributed by atoms with Gasteiger partial charge in [0, 0.05) is 38.6 Å². The molecule has 0 amide bonds. The van der Waals surface area contributed by atoms with Crippen molar-refractivity contribution in [2.75, 3.05) is 32.4 Å². The predicted molar refractivity (Wildman–Crippen MR) is 93.4 cm³/mol. The molecule has 2 atom stereocenters. The molecule has 2 saturated heterocycles. The van der Waals surface area contributed by atoms with Crippen molar-refractivity contribution in [3.63, 3.8) is 0 Å². The van der Waals surface area contributed by atoms with E-state index < -0.39 is 15.6 Å². The van der Waals surface area contributed by atoms with Gasteiger partial charge in [-0.2, -0.15) is 0 Å². The summed E-state index contributed by atoms with van der Waals surface area (Å²) >= 11 is 1.43. The number of aromatic nitrogens is 2. The number of piperidine rings is 2. The van der Waals surface area contributed by atoms with E-state index in [0.717, 1.165) is 18.8 Å². The number of hydrogen-bond acceptors (Lipinski definition) is 7. The van der Waals surface area contributed by atoms with Gasteiger partial charge in [0.05, 0.1) is 22.4 Å². The molecular weight excluding hydrogens is 348 g/mol. The fourth-order valence-corrected chi connectivity index (χ4v) is 5.46. The van der Waals surface area contributed by atoms with Gasteiger partial charge in [-0.25, -0.2) is 12.7 Å². The molecule has 3 rings (SSSR count). The van der Waals surface area contributed by atoms with Gasteiger partial charge in [-0.1, -0.05) is 18.3 Å². The van der Waals surface area contributed by atoms with E-state index >= 15 is 0 Å². The normalized spacial score (nSPS) is 29.8. The molecule has 1 N–H and O–H groups in total. The molecule has 7 nitrogen and oxygen atoms in total. The Bertz CT molecular complexity index is 691. The van der Waals surface area contributed by atoms with E-state index in [1.807, 2.05) is 0 Å². The topological polar surface area (TPSA) is 86.6 Å². The molecule has 136 valence electrons. The van der Waals surface area contributed by atoms with Crippen molar-refractivity contribution in [3.8, 4) is 0 Å². The smallest absolute Gasteiger partial charge is 0.211 e. The highest BCUT2D eigenvalue weighted by atomic mass is 32.2. The van der Waals surface area contributed by atoms with E-state index in [1.54, 1.807) is 0 Å². The van der Waals surface area contributed by atoms with Crippen LogP contribution in [0.1, 0.15) is 43.2 Å². The Hall–Kier alpha value is -0.610. The van der Waals surface area contributed by atoms with Gasteiger partial charge >= 0.3 is 0 Å². The van der Waals surface area contributed by atoms with Gasteiger partial charge in [-0.15, -0.1) is 5.10 Å². The zero-order chi connectivity index (χ0) is 17.5. The number of sulfonamides is 1. The third kappa shape index (κ3) is 3.65. The molecule has 2 fully saturated rings. The van der Waals surface area contributed by atoms with Crippen LogP contribution in [-0.4, -0.2) is 70.4 Å². The minimum absolute atomic E-state index is 0.0434. The minimum Gasteiger partial charge on any atom is -0.389 e. The summed E-state index contributed by atoms with van der Waals surface area (Å²) in [6, 6.07) is 0. The second-order valence-corrected chi connectivity index (χ2v) is 10.2. The minimum atomic E-state index is -3.20. The molecule has 9 heteroatoms. The van der Waals surface area contributed by atoms with Crippen LogP contribution < -0.4 is 0 Å². The molecule has 0 aliphatic carbocycles. The van der Waals surface area contributed by atoms with Crippen LogP contribution in [-0.2, 0) is 16.6 Å². The largest absolute Gasteiger partial charge is 0.389 e. The van der Waals surface area contributed by atoms with Gasteiger partial charge in [0.2, 0.25) is 10.0 Å². The van der Waals surface area contributed by atoms with Crippen LogP contribution in [0.4, 0.5) is 0 Å². The molecule has 0 saturated carbocycles. The van der Waals surface area contributed by atoms with Crippen LogP contribution >= 0.6 is 11.5 Å². The lowest BCUT2D eigenvalue weighted by molar-refractivity contribution is -0.102. The first-order chi connectivity index (χ1) is 11.2. The molecular formula is C15H26N4O3S2. The maximum Gasteiger partial charge on any atom is 0.211 e. The number of nitrogens with zero attached hydrogens (tertiary/aromatic N) is 4. The van der Waals surface area contributed by atoms with Gasteiger partial charge in [0.15, 0.2) is 0 Å². The highest BCUT2D eigenvalue weighted by molar-refractivity contribution is 7.88. The van der Waals surface area contributed by atoms with Gasteiger partial charge in [0.1, 0.15) is 0 Å². The Kier molecular flexibility index (Phi) is 5.00. The van der Waals surface area contributed by atoms with E-state index in [2.05, 4.69) is 28.3 Å². The molecule has 24 heavy (non-hydrogen) atoms. The van der Waals surface area contributed by atoms with Crippen molar-refractivity contribution in [1.82, 2.24) is 18.8 Å². The SMILES string of the molecule is CC(C)c1nnsc1CN1CC[C@@]2(O)CCN(S(C)(=O)=O)C[C@H]2C1. The third-order valence-electron chi connectivity index (χ3n) is 5.29. The molecule has 0 unspecified atom stereocenters. The van der Waals surface area contributed by atoms with E-state index in [9.17, 15) is 13.5 Å². The van der Waals surface area contributed by atoms with Crippen molar-refractivity contribution in [1.29, 1.82) is 0 Å². The van der Waals surface area contributed by atoms with Crippen LogP contribution in [0.2, 0.25) is 0 Å². The highest BCUT2D eigenvalue weighted by Gasteiger charge is 2.46. The Balaban J connectivity index is 1.70. The van der Waals surface area contributed by atoms with Crippen molar-refractivity contribution in [3.05, 3.63) is 10.6 Å². The Morgan fingerprint density at radius 3 is 2.71 bits per heavy atom. The number of hydrogen-bond donors (Lipinski definition) is 1. The number of likely N-dealkylation sites (tertiary alicyclic amines) is 1. The van der Waals surface area contributed by atoms with Crippen LogP contribution in [0, 0.1) is 5.92 Å². The number of rotatable bonds is 4. The Morgan fingerprint density at radius 2 is 2.04 bits per heavy atom. The first-order valence-electron chi connectivity index (χ1n) is 8.40. The van der Waals surface area contributed by atoms with Crippen molar-refractivity contribution < 1.29 is 13.5 Å². The second-order valence-electron chi connectivity index (χ2n) is 7.39. The Morgan fingerprint density at radius 1 is 1.33 bits per heavy atom. The molecule has 3 heterocycles. The summed E-state index contributed by atoms with van der Waals surface area (Å²) in [6.45, 7) is 7.35. The average Bonchev–Trinajstić information content (AvgIpc) is 2.94. The van der Waals surface area contributed by atoms with Gasteiger partial charge in [0.25, 0.3) is 0 Å². The molecule has 1 aromatic heterocycles. The maximum atomic E-state index is 11.8. The van der Waals surface area contributed by atoms with Crippen LogP contribution in [0.3, 0.4) is 0 Å². The summed E-state index contributed by atoms with van der Waals surface area (Å²) in [7, 11) is -3.20. The van der Waals surface area contributed by atoms with E-state index in [1.165, 1.54) is 27.0 Å². The zero-order valence-corrected chi connectivity index (χ0v) is 16.1. The number of aliphatic hydroxyl groups is 1. The molecule has 0 bridgehead atoms. The lowest BCUT2D eigenvalue weighted by Crippen LogP contribution is -2.60. The highest BCUT2D eigenvalue weighted by Crippen LogP contribution is 2.37. The first-order valence-corrected chi connectivity index (χ1v) is 11.0. The molecule has 0 spiro atoms. The summed E-state index contributed by atoms with van der Waals surface area (Å²) in [5.74, 6) is 0.300. The van der Waals surface area contributed by atoms with Crippen LogP contribution in [0.15, 0.2) is 0 Å². The van der Waals surface area contributed by atoms with E-state index in [-0.39, 0.29) is 5.92 Å². The zero-order valence-electron chi connectivity index (χ0n) is 14.5. The van der Waals surface area contributed by atoms with Gasteiger partial charge in [-0.05, 0) is 30.3 Å². The summed E-state index contributed by atoms with van der Waals surface area (Å²) in [6.07, 6.45) is 2.46. The molecule has 0 aromatic carbocycles. The van der Waals surface area contributed by atoms with Crippen LogP contribution in [0.25, 0.3) is 0 Å². The summed E-state index contributed by atoms with van der Waals surface area (Å²) in [4.78, 5) is 3.47. The first kappa shape index (κ1) is 18.2. The summed E-state index contributed by atoms with van der Waals surface area (Å²) in [5.41, 5.74) is 0.312. The van der Waals surface area contributed by atoms with Crippen LogP contribution in [0.5, 0.6) is 0 Å². The molecule has 2 aliphatic rings. The monoisotopic (exact) mass is 374 g/mol. The molecule has 0 radical (unpaired) electrons. The Labute approximate surface area is 147 Å². The average molecular weight is 375 g/mol.